The highest BCUT2D eigenvalue weighted by molar-refractivity contribution is 7.98. The Morgan fingerprint density at radius 1 is 1.12 bits per heavy atom. The quantitative estimate of drug-likeness (QED) is 0.375. The summed E-state index contributed by atoms with van der Waals surface area (Å²) in [5, 5.41) is 16.4. The average molecular weight is 352 g/mol. The summed E-state index contributed by atoms with van der Waals surface area (Å²) in [6.07, 6.45) is 2.28. The molecule has 7 heteroatoms. The maximum absolute atomic E-state index is 11.1. The molecule has 1 heterocycles. The van der Waals surface area contributed by atoms with E-state index in [4.69, 9.17) is 0 Å². The molecule has 0 saturated heterocycles. The fraction of sp³-hybridized carbons (Fsp3) is 0.222. The summed E-state index contributed by atoms with van der Waals surface area (Å²) in [5.41, 5.74) is 1.82. The molecule has 2 aromatic carbocycles. The molecule has 0 radical (unpaired) electrons. The highest BCUT2D eigenvalue weighted by Crippen LogP contribution is 2.40. The first-order chi connectivity index (χ1) is 12.2. The van der Waals surface area contributed by atoms with Crippen molar-refractivity contribution < 1.29 is 4.92 Å². The number of nitro groups is 1. The average Bonchev–Trinajstić information content (AvgIpc) is 3.40. The summed E-state index contributed by atoms with van der Waals surface area (Å²) in [6.45, 7) is 0. The third-order valence-corrected chi connectivity index (χ3v) is 4.99. The number of aromatic nitrogens is 3. The van der Waals surface area contributed by atoms with Crippen LogP contribution in [0.4, 0.5) is 5.69 Å². The summed E-state index contributed by atoms with van der Waals surface area (Å²) in [5.74, 6) is 1.92. The molecular weight excluding hydrogens is 336 g/mol. The molecule has 25 heavy (non-hydrogen) atoms. The van der Waals surface area contributed by atoms with Crippen LogP contribution >= 0.6 is 11.8 Å². The van der Waals surface area contributed by atoms with Crippen LogP contribution in [0.5, 0.6) is 0 Å². The van der Waals surface area contributed by atoms with Crippen LogP contribution in [-0.4, -0.2) is 19.7 Å². The monoisotopic (exact) mass is 352 g/mol. The summed E-state index contributed by atoms with van der Waals surface area (Å²) in [7, 11) is 0. The minimum Gasteiger partial charge on any atom is -0.258 e. The van der Waals surface area contributed by atoms with E-state index >= 15 is 0 Å². The van der Waals surface area contributed by atoms with E-state index in [9.17, 15) is 10.1 Å². The van der Waals surface area contributed by atoms with Crippen molar-refractivity contribution >= 4 is 17.4 Å². The molecule has 0 N–H and O–H groups in total. The van der Waals surface area contributed by atoms with Crippen molar-refractivity contribution in [3.05, 3.63) is 76.1 Å². The number of para-hydroxylation sites is 2. The van der Waals surface area contributed by atoms with Gasteiger partial charge in [-0.3, -0.25) is 10.1 Å². The number of nitro benzene ring substituents is 1. The van der Waals surface area contributed by atoms with Crippen LogP contribution in [0.2, 0.25) is 0 Å². The van der Waals surface area contributed by atoms with E-state index in [0.717, 1.165) is 24.4 Å². The fourth-order valence-corrected chi connectivity index (χ4v) is 3.51. The Kier molecular flexibility index (Phi) is 4.23. The molecule has 0 atom stereocenters. The summed E-state index contributed by atoms with van der Waals surface area (Å²) < 4.78 is 1.90. The summed E-state index contributed by atoms with van der Waals surface area (Å²) in [4.78, 5) is 15.5. The summed E-state index contributed by atoms with van der Waals surface area (Å²) >= 11 is 1.43. The maximum atomic E-state index is 11.1. The predicted molar refractivity (Wildman–Crippen MR) is 96.0 cm³/mol. The van der Waals surface area contributed by atoms with Crippen LogP contribution in [0.25, 0.3) is 5.69 Å². The van der Waals surface area contributed by atoms with Gasteiger partial charge in [0.25, 0.3) is 5.69 Å². The van der Waals surface area contributed by atoms with Gasteiger partial charge in [-0.25, -0.2) is 9.67 Å². The van der Waals surface area contributed by atoms with Gasteiger partial charge in [-0.15, -0.1) is 5.10 Å². The minimum atomic E-state index is -0.346. The molecule has 0 bridgehead atoms. The van der Waals surface area contributed by atoms with Gasteiger partial charge in [0, 0.05) is 23.3 Å². The second kappa shape index (κ2) is 6.68. The largest absolute Gasteiger partial charge is 0.273 e. The van der Waals surface area contributed by atoms with Gasteiger partial charge < -0.3 is 0 Å². The second-order valence-corrected chi connectivity index (χ2v) is 6.89. The van der Waals surface area contributed by atoms with Crippen LogP contribution in [-0.2, 0) is 5.75 Å². The Labute approximate surface area is 149 Å². The van der Waals surface area contributed by atoms with Crippen LogP contribution in [0, 0.1) is 10.1 Å². The lowest BCUT2D eigenvalue weighted by molar-refractivity contribution is -0.385. The minimum absolute atomic E-state index is 0.139. The first kappa shape index (κ1) is 15.8. The first-order valence-electron chi connectivity index (χ1n) is 8.10. The number of hydrogen-bond donors (Lipinski definition) is 0. The van der Waals surface area contributed by atoms with Crippen LogP contribution in [0.1, 0.15) is 30.1 Å². The van der Waals surface area contributed by atoms with Gasteiger partial charge in [-0.1, -0.05) is 48.2 Å². The van der Waals surface area contributed by atoms with Gasteiger partial charge >= 0.3 is 0 Å². The number of thioether (sulfide) groups is 1. The topological polar surface area (TPSA) is 73.8 Å². The smallest absolute Gasteiger partial charge is 0.258 e. The van der Waals surface area contributed by atoms with Crippen LogP contribution < -0.4 is 0 Å². The molecule has 1 saturated carbocycles. The van der Waals surface area contributed by atoms with E-state index in [1.165, 1.54) is 17.8 Å². The second-order valence-electron chi connectivity index (χ2n) is 5.95. The van der Waals surface area contributed by atoms with E-state index in [2.05, 4.69) is 10.1 Å². The molecule has 1 aromatic heterocycles. The fourth-order valence-electron chi connectivity index (χ4n) is 2.68. The molecule has 4 rings (SSSR count). The van der Waals surface area contributed by atoms with Crippen molar-refractivity contribution in [2.24, 2.45) is 0 Å². The normalized spacial score (nSPS) is 13.8. The van der Waals surface area contributed by atoms with Gasteiger partial charge in [0.05, 0.1) is 10.6 Å². The van der Waals surface area contributed by atoms with Gasteiger partial charge in [0.2, 0.25) is 5.16 Å². The van der Waals surface area contributed by atoms with Crippen molar-refractivity contribution in [1.82, 2.24) is 14.8 Å². The van der Waals surface area contributed by atoms with Crippen LogP contribution in [0.15, 0.2) is 59.8 Å². The molecule has 3 aromatic rings. The molecule has 1 aliphatic carbocycles. The van der Waals surface area contributed by atoms with Crippen molar-refractivity contribution in [2.75, 3.05) is 0 Å². The van der Waals surface area contributed by atoms with E-state index in [0.29, 0.717) is 22.4 Å². The number of nitrogens with zero attached hydrogens (tertiary/aromatic N) is 4. The molecule has 0 amide bonds. The highest BCUT2D eigenvalue weighted by atomic mass is 32.2. The lowest BCUT2D eigenvalue weighted by atomic mass is 10.2. The van der Waals surface area contributed by atoms with E-state index < -0.39 is 0 Å². The number of rotatable bonds is 6. The zero-order chi connectivity index (χ0) is 17.2. The Morgan fingerprint density at radius 3 is 2.56 bits per heavy atom. The van der Waals surface area contributed by atoms with Gasteiger partial charge in [0.1, 0.15) is 5.82 Å². The van der Waals surface area contributed by atoms with E-state index in [1.807, 2.05) is 41.1 Å². The molecular formula is C18H16N4O2S. The molecule has 1 fully saturated rings. The lowest BCUT2D eigenvalue weighted by Crippen LogP contribution is -2.01. The van der Waals surface area contributed by atoms with Gasteiger partial charge in [-0.05, 0) is 25.0 Å². The number of hydrogen-bond acceptors (Lipinski definition) is 5. The maximum Gasteiger partial charge on any atom is 0.273 e. The van der Waals surface area contributed by atoms with Crippen molar-refractivity contribution in [3.63, 3.8) is 0 Å². The molecule has 1 aliphatic rings. The third kappa shape index (κ3) is 3.41. The Balaban J connectivity index is 1.59. The zero-order valence-corrected chi connectivity index (χ0v) is 14.2. The van der Waals surface area contributed by atoms with Crippen LogP contribution in [0.3, 0.4) is 0 Å². The Morgan fingerprint density at radius 2 is 1.84 bits per heavy atom. The molecule has 0 spiro atoms. The first-order valence-corrected chi connectivity index (χ1v) is 9.08. The predicted octanol–water partition coefficient (Wildman–Crippen LogP) is 4.35. The van der Waals surface area contributed by atoms with Gasteiger partial charge in [-0.2, -0.15) is 0 Å². The molecule has 6 nitrogen and oxygen atoms in total. The highest BCUT2D eigenvalue weighted by Gasteiger charge is 2.30. The van der Waals surface area contributed by atoms with Crippen molar-refractivity contribution in [3.8, 4) is 5.69 Å². The zero-order valence-electron chi connectivity index (χ0n) is 13.4. The SMILES string of the molecule is O=[N+]([O-])c1ccccc1CSc1nc(C2CC2)n(-c2ccccc2)n1. The van der Waals surface area contributed by atoms with E-state index in [-0.39, 0.29) is 10.6 Å². The van der Waals surface area contributed by atoms with Crippen molar-refractivity contribution in [2.45, 2.75) is 29.7 Å². The summed E-state index contributed by atoms with van der Waals surface area (Å²) in [6, 6.07) is 16.8. The molecule has 126 valence electrons. The molecule has 0 unspecified atom stereocenters. The standard InChI is InChI=1S/C18H16N4O2S/c23-22(24)16-9-5-4-6-14(16)12-25-18-19-17(13-10-11-13)21(20-18)15-7-2-1-3-8-15/h1-9,13H,10-12H2. The third-order valence-electron chi connectivity index (χ3n) is 4.10. The van der Waals surface area contributed by atoms with Gasteiger partial charge in [0.15, 0.2) is 0 Å². The van der Waals surface area contributed by atoms with Crippen molar-refractivity contribution in [1.29, 1.82) is 0 Å². The van der Waals surface area contributed by atoms with E-state index in [1.54, 1.807) is 12.1 Å². The Bertz CT molecular complexity index is 906. The number of benzene rings is 2. The lowest BCUT2D eigenvalue weighted by Gasteiger charge is -2.03. The molecule has 0 aliphatic heterocycles. The Hall–Kier alpha value is -2.67.